The predicted molar refractivity (Wildman–Crippen MR) is 137 cm³/mol. The Kier molecular flexibility index (Phi) is 9.29. The van der Waals surface area contributed by atoms with E-state index in [2.05, 4.69) is 34.1 Å². The molecule has 1 amide bonds. The van der Waals surface area contributed by atoms with Crippen LogP contribution in [0.1, 0.15) is 24.8 Å². The Bertz CT molecular complexity index is 1180. The lowest BCUT2D eigenvalue weighted by Gasteiger charge is -2.16. The first-order chi connectivity index (χ1) is 16.5. The van der Waals surface area contributed by atoms with Gasteiger partial charge in [0.2, 0.25) is 5.91 Å². The van der Waals surface area contributed by atoms with Gasteiger partial charge in [0.25, 0.3) is 0 Å². The molecule has 0 atom stereocenters. The van der Waals surface area contributed by atoms with Crippen molar-refractivity contribution in [1.82, 2.24) is 15.3 Å². The lowest BCUT2D eigenvalue weighted by Crippen LogP contribution is -2.20. The van der Waals surface area contributed by atoms with Gasteiger partial charge in [-0.15, -0.1) is 6.58 Å². The van der Waals surface area contributed by atoms with Crippen LogP contribution in [0.3, 0.4) is 0 Å². The van der Waals surface area contributed by atoms with E-state index >= 15 is 0 Å². The Labute approximate surface area is 204 Å². The number of allylic oxidation sites excluding steroid dienone is 2. The zero-order valence-corrected chi connectivity index (χ0v) is 19.9. The number of ether oxygens (including phenoxy) is 2. The molecule has 0 spiro atoms. The summed E-state index contributed by atoms with van der Waals surface area (Å²) in [5.74, 6) is 1.59. The number of benzene rings is 2. The van der Waals surface area contributed by atoms with Gasteiger partial charge in [0.05, 0.1) is 19.2 Å². The fraction of sp³-hybridized carbons (Fsp3) is 0.231. The molecular weight excluding hydrogens is 452 g/mol. The van der Waals surface area contributed by atoms with Crippen molar-refractivity contribution in [1.29, 1.82) is 0 Å². The normalized spacial score (nSPS) is 10.9. The molecule has 0 unspecified atom stereocenters. The lowest BCUT2D eigenvalue weighted by atomic mass is 10.1. The number of fused-ring (bicyclic) bond motifs is 1. The van der Waals surface area contributed by atoms with Gasteiger partial charge in [-0.25, -0.2) is 9.97 Å². The molecule has 8 heteroatoms. The number of anilines is 2. The molecule has 34 heavy (non-hydrogen) atoms. The molecule has 1 radical (unpaired) electrons. The maximum Gasteiger partial charge on any atom is 0.243 e. The van der Waals surface area contributed by atoms with Gasteiger partial charge in [0, 0.05) is 28.7 Å². The van der Waals surface area contributed by atoms with E-state index in [1.165, 1.54) is 12.4 Å². The standard InChI is InChI=1S/C26H28ClN4O3/c1-4-6-8-12-34-24-14-20-22(15-23(24)33-3)29-17-30-26(20)31-21-13-19(27)11-10-18(21)16-28-25(32)9-7-5-2/h4,7,9-11,13-15,17H,1-2,5-6,8,12,16H2,3H3,(H,28,32)(H,29,30,31). The number of carbonyl (C=O) groups excluding carboxylic acids is 1. The SMILES string of the molecule is [CH2]CC=CC(=O)NCc1ccc(Cl)cc1Nc1ncnc2cc(OC)c(OCCCC=C)cc12. The molecule has 2 aromatic carbocycles. The van der Waals surface area contributed by atoms with Crippen molar-refractivity contribution in [3.63, 3.8) is 0 Å². The minimum atomic E-state index is -0.192. The number of carbonyl (C=O) groups is 1. The fourth-order valence-electron chi connectivity index (χ4n) is 3.22. The molecule has 2 N–H and O–H groups in total. The smallest absolute Gasteiger partial charge is 0.243 e. The predicted octanol–water partition coefficient (Wildman–Crippen LogP) is 5.78. The van der Waals surface area contributed by atoms with Gasteiger partial charge in [0.15, 0.2) is 11.5 Å². The molecule has 0 aliphatic heterocycles. The largest absolute Gasteiger partial charge is 0.493 e. The molecule has 3 aromatic rings. The summed E-state index contributed by atoms with van der Waals surface area (Å²) in [6, 6.07) is 9.10. The van der Waals surface area contributed by atoms with Gasteiger partial charge in [-0.05, 0) is 56.0 Å². The minimum absolute atomic E-state index is 0.192. The highest BCUT2D eigenvalue weighted by Crippen LogP contribution is 2.35. The third-order valence-electron chi connectivity index (χ3n) is 4.94. The number of halogens is 1. The number of hydrogen-bond acceptors (Lipinski definition) is 6. The van der Waals surface area contributed by atoms with Crippen molar-refractivity contribution in [2.24, 2.45) is 0 Å². The van der Waals surface area contributed by atoms with Crippen molar-refractivity contribution < 1.29 is 14.3 Å². The number of aromatic nitrogens is 2. The van der Waals surface area contributed by atoms with Crippen LogP contribution in [0.5, 0.6) is 11.5 Å². The van der Waals surface area contributed by atoms with Crippen molar-refractivity contribution >= 4 is 39.9 Å². The van der Waals surface area contributed by atoms with Crippen LogP contribution in [0.15, 0.2) is 61.5 Å². The lowest BCUT2D eigenvalue weighted by molar-refractivity contribution is -0.116. The minimum Gasteiger partial charge on any atom is -0.493 e. The van der Waals surface area contributed by atoms with E-state index in [1.807, 2.05) is 24.3 Å². The Balaban J connectivity index is 1.90. The van der Waals surface area contributed by atoms with Crippen LogP contribution in [0.2, 0.25) is 5.02 Å². The van der Waals surface area contributed by atoms with Crippen molar-refractivity contribution in [2.75, 3.05) is 19.0 Å². The number of methoxy groups -OCH3 is 1. The monoisotopic (exact) mass is 479 g/mol. The van der Waals surface area contributed by atoms with Crippen molar-refractivity contribution in [2.45, 2.75) is 25.8 Å². The number of nitrogens with one attached hydrogen (secondary N) is 2. The van der Waals surface area contributed by atoms with Crippen molar-refractivity contribution in [3.8, 4) is 11.5 Å². The number of hydrogen-bond donors (Lipinski definition) is 2. The highest BCUT2D eigenvalue weighted by molar-refractivity contribution is 6.30. The van der Waals surface area contributed by atoms with Gasteiger partial charge in [-0.3, -0.25) is 4.79 Å². The molecule has 0 fully saturated rings. The summed E-state index contributed by atoms with van der Waals surface area (Å²) in [5.41, 5.74) is 2.27. The zero-order chi connectivity index (χ0) is 24.3. The molecule has 0 aliphatic carbocycles. The molecule has 7 nitrogen and oxygen atoms in total. The molecule has 1 aromatic heterocycles. The third-order valence-corrected chi connectivity index (χ3v) is 5.18. The first-order valence-electron chi connectivity index (χ1n) is 10.9. The maximum absolute atomic E-state index is 12.0. The summed E-state index contributed by atoms with van der Waals surface area (Å²) in [7, 11) is 1.59. The van der Waals surface area contributed by atoms with Crippen molar-refractivity contribution in [3.05, 3.63) is 79.0 Å². The first kappa shape index (κ1) is 25.1. The molecule has 0 aliphatic rings. The number of amides is 1. The number of nitrogens with zero attached hydrogens (tertiary/aromatic N) is 2. The average Bonchev–Trinajstić information content (AvgIpc) is 2.84. The quantitative estimate of drug-likeness (QED) is 0.195. The fourth-order valence-corrected chi connectivity index (χ4v) is 3.40. The summed E-state index contributed by atoms with van der Waals surface area (Å²) >= 11 is 6.26. The van der Waals surface area contributed by atoms with Gasteiger partial charge in [0.1, 0.15) is 12.1 Å². The van der Waals surface area contributed by atoms with Crippen LogP contribution in [-0.2, 0) is 11.3 Å². The molecule has 0 saturated heterocycles. The summed E-state index contributed by atoms with van der Waals surface area (Å²) in [6.45, 7) is 8.27. The molecule has 177 valence electrons. The van der Waals surface area contributed by atoms with E-state index in [9.17, 15) is 4.79 Å². The summed E-state index contributed by atoms with van der Waals surface area (Å²) in [5, 5.41) is 7.52. The Hall–Kier alpha value is -3.58. The van der Waals surface area contributed by atoms with Crippen LogP contribution in [-0.4, -0.2) is 29.6 Å². The van der Waals surface area contributed by atoms with Crippen LogP contribution < -0.4 is 20.1 Å². The average molecular weight is 480 g/mol. The Morgan fingerprint density at radius 1 is 1.21 bits per heavy atom. The summed E-state index contributed by atoms with van der Waals surface area (Å²) in [4.78, 5) is 20.8. The summed E-state index contributed by atoms with van der Waals surface area (Å²) in [6.07, 6.45) is 8.77. The second-order valence-electron chi connectivity index (χ2n) is 7.36. The van der Waals surface area contributed by atoms with Gasteiger partial charge >= 0.3 is 0 Å². The Morgan fingerprint density at radius 2 is 2.06 bits per heavy atom. The van der Waals surface area contributed by atoms with Gasteiger partial charge in [-0.2, -0.15) is 0 Å². The number of unbranched alkanes of at least 4 members (excludes halogenated alkanes) is 1. The second kappa shape index (κ2) is 12.6. The highest BCUT2D eigenvalue weighted by Gasteiger charge is 2.13. The van der Waals surface area contributed by atoms with Gasteiger partial charge in [-0.1, -0.05) is 29.8 Å². The second-order valence-corrected chi connectivity index (χ2v) is 7.79. The molecule has 0 saturated carbocycles. The van der Waals surface area contributed by atoms with Crippen LogP contribution >= 0.6 is 11.6 Å². The van der Waals surface area contributed by atoms with E-state index in [-0.39, 0.29) is 5.91 Å². The zero-order valence-electron chi connectivity index (χ0n) is 19.1. The van der Waals surface area contributed by atoms with E-state index < -0.39 is 0 Å². The van der Waals surface area contributed by atoms with E-state index in [4.69, 9.17) is 21.1 Å². The third kappa shape index (κ3) is 6.71. The van der Waals surface area contributed by atoms with Gasteiger partial charge < -0.3 is 20.1 Å². The first-order valence-corrected chi connectivity index (χ1v) is 11.3. The molecule has 1 heterocycles. The van der Waals surface area contributed by atoms with E-state index in [0.29, 0.717) is 47.4 Å². The van der Waals surface area contributed by atoms with E-state index in [0.717, 1.165) is 29.5 Å². The van der Waals surface area contributed by atoms with Crippen LogP contribution in [0.4, 0.5) is 11.5 Å². The number of rotatable bonds is 12. The maximum atomic E-state index is 12.0. The molecular formula is C26H28ClN4O3. The van der Waals surface area contributed by atoms with Crippen LogP contribution in [0.25, 0.3) is 10.9 Å². The topological polar surface area (TPSA) is 85.4 Å². The van der Waals surface area contributed by atoms with Crippen LogP contribution in [0, 0.1) is 6.92 Å². The molecule has 3 rings (SSSR count). The van der Waals surface area contributed by atoms with E-state index in [1.54, 1.807) is 25.3 Å². The summed E-state index contributed by atoms with van der Waals surface area (Å²) < 4.78 is 11.4. The Morgan fingerprint density at radius 3 is 2.82 bits per heavy atom. The molecule has 0 bridgehead atoms. The highest BCUT2D eigenvalue weighted by atomic mass is 35.5.